The van der Waals surface area contributed by atoms with E-state index in [9.17, 15) is 30.3 Å². The summed E-state index contributed by atoms with van der Waals surface area (Å²) in [5.74, 6) is -2.32. The molecule has 6 N–H and O–H groups in total. The van der Waals surface area contributed by atoms with Gasteiger partial charge in [-0.15, -0.1) is 0 Å². The molecular formula is C38H74N2O12. The van der Waals surface area contributed by atoms with Gasteiger partial charge in [0.2, 0.25) is 0 Å². The lowest BCUT2D eigenvalue weighted by molar-refractivity contribution is -0.317. The molecule has 0 aromatic rings. The van der Waals surface area contributed by atoms with E-state index in [2.05, 4.69) is 5.32 Å². The van der Waals surface area contributed by atoms with Crippen LogP contribution in [0, 0.1) is 17.8 Å². The molecule has 0 radical (unpaired) electrons. The molecule has 0 aliphatic carbocycles. The van der Waals surface area contributed by atoms with E-state index in [0.29, 0.717) is 19.4 Å². The number of carbonyl (C=O) groups excluding carboxylic acids is 1. The fraction of sp³-hybridized carbons (Fsp3) is 0.974. The van der Waals surface area contributed by atoms with E-state index in [1.807, 2.05) is 60.5 Å². The third kappa shape index (κ3) is 12.5. The fourth-order valence-electron chi connectivity index (χ4n) is 7.59. The predicted molar refractivity (Wildman–Crippen MR) is 196 cm³/mol. The SMILES string of the molecule is CC[C@H](C)OC(=O)[C@H](C)[C@@H](O[C@H]1C[C@@](C)(OC)[C@@H](O)[C@H](C)O1)[C@H](C)[C@@H](O[C@@H]1O[C@H](C)C[C@H](N(C)C)[C@H]1O)C(C)(O)C[C@@H](C)NC[C@H](C)[C@@H](O)C(C)O. The molecule has 2 rings (SSSR count). The molecule has 2 fully saturated rings. The van der Waals surface area contributed by atoms with Gasteiger partial charge in [0.25, 0.3) is 0 Å². The van der Waals surface area contributed by atoms with E-state index >= 15 is 0 Å². The molecule has 52 heavy (non-hydrogen) atoms. The van der Waals surface area contributed by atoms with Crippen LogP contribution in [-0.2, 0) is 33.2 Å². The number of esters is 1. The highest BCUT2D eigenvalue weighted by Crippen LogP contribution is 2.39. The second kappa shape index (κ2) is 20.2. The van der Waals surface area contributed by atoms with Crippen molar-refractivity contribution in [3.05, 3.63) is 0 Å². The maximum Gasteiger partial charge on any atom is 0.311 e. The van der Waals surface area contributed by atoms with Gasteiger partial charge in [-0.1, -0.05) is 20.8 Å². The molecule has 0 bridgehead atoms. The Bertz CT molecular complexity index is 1070. The summed E-state index contributed by atoms with van der Waals surface area (Å²) < 4.78 is 37.2. The van der Waals surface area contributed by atoms with Crippen LogP contribution >= 0.6 is 0 Å². The molecule has 2 heterocycles. The number of aliphatic hydroxyl groups excluding tert-OH is 4. The number of nitrogens with zero attached hydrogens (tertiary/aromatic N) is 1. The van der Waals surface area contributed by atoms with Crippen LogP contribution in [0.4, 0.5) is 0 Å². The molecule has 0 spiro atoms. The highest BCUT2D eigenvalue weighted by Gasteiger charge is 2.51. The number of nitrogens with one attached hydrogen (secondary N) is 1. The number of aliphatic hydroxyl groups is 5. The van der Waals surface area contributed by atoms with Gasteiger partial charge in [0, 0.05) is 38.1 Å². The minimum Gasteiger partial charge on any atom is -0.462 e. The summed E-state index contributed by atoms with van der Waals surface area (Å²) in [6.07, 6.45) is -7.50. The summed E-state index contributed by atoms with van der Waals surface area (Å²) in [4.78, 5) is 15.6. The highest BCUT2D eigenvalue weighted by molar-refractivity contribution is 5.73. The first-order valence-electron chi connectivity index (χ1n) is 19.2. The van der Waals surface area contributed by atoms with Crippen molar-refractivity contribution in [3.8, 4) is 0 Å². The minimum absolute atomic E-state index is 0.164. The number of rotatable bonds is 20. The van der Waals surface area contributed by atoms with Crippen molar-refractivity contribution < 1.29 is 58.7 Å². The number of hydrogen-bond donors (Lipinski definition) is 6. The Labute approximate surface area is 312 Å². The maximum atomic E-state index is 13.7. The van der Waals surface area contributed by atoms with Gasteiger partial charge >= 0.3 is 5.97 Å². The first kappa shape index (κ1) is 47.1. The normalized spacial score (nSPS) is 35.0. The Hall–Kier alpha value is -1.01. The lowest BCUT2D eigenvalue weighted by atomic mass is 9.78. The van der Waals surface area contributed by atoms with E-state index in [0.717, 1.165) is 0 Å². The number of carbonyl (C=O) groups is 1. The average Bonchev–Trinajstić information content (AvgIpc) is 3.06. The van der Waals surface area contributed by atoms with Gasteiger partial charge in [0.1, 0.15) is 12.2 Å². The van der Waals surface area contributed by atoms with Crippen molar-refractivity contribution in [2.75, 3.05) is 27.7 Å². The Balaban J connectivity index is 2.57. The third-order valence-corrected chi connectivity index (χ3v) is 11.3. The van der Waals surface area contributed by atoms with E-state index in [1.54, 1.807) is 27.7 Å². The lowest BCUT2D eigenvalue weighted by Crippen LogP contribution is -2.60. The zero-order valence-electron chi connectivity index (χ0n) is 34.3. The summed E-state index contributed by atoms with van der Waals surface area (Å²) in [5.41, 5.74) is -2.58. The van der Waals surface area contributed by atoms with Crippen LogP contribution < -0.4 is 5.32 Å². The van der Waals surface area contributed by atoms with Crippen molar-refractivity contribution in [3.63, 3.8) is 0 Å². The Morgan fingerprint density at radius 1 is 1.06 bits per heavy atom. The van der Waals surface area contributed by atoms with Crippen LogP contribution in [0.2, 0.25) is 0 Å². The summed E-state index contributed by atoms with van der Waals surface area (Å²) in [7, 11) is 5.28. The standard InChI is InChI=1S/C38H74N2O12/c1-15-22(4)48-35(45)25(7)32(51-29-18-38(11,47-14)33(44)27(9)50-29)24(6)34(52-36-31(43)28(40(12)13)16-23(5)49-36)37(10,46)17-21(3)39-19-20(2)30(42)26(8)41/h20-34,36,39,41-44,46H,15-19H2,1-14H3/t20-,21+,22-,23+,24-,25+,26?,27-,28-,29-,30+,31+,32-,33-,34+,36-,37?,38+/m0/s1. The zero-order valence-corrected chi connectivity index (χ0v) is 34.3. The minimum atomic E-state index is -1.59. The Kier molecular flexibility index (Phi) is 18.4. The van der Waals surface area contributed by atoms with E-state index in [-0.39, 0.29) is 43.1 Å². The molecule has 0 amide bonds. The van der Waals surface area contributed by atoms with Crippen LogP contribution in [0.1, 0.15) is 102 Å². The predicted octanol–water partition coefficient (Wildman–Crippen LogP) is 2.19. The monoisotopic (exact) mass is 751 g/mol. The summed E-state index contributed by atoms with van der Waals surface area (Å²) >= 11 is 0. The molecule has 2 unspecified atom stereocenters. The lowest BCUT2D eigenvalue weighted by Gasteiger charge is -2.48. The molecular weight excluding hydrogens is 676 g/mol. The highest BCUT2D eigenvalue weighted by atomic mass is 16.7. The Morgan fingerprint density at radius 3 is 2.21 bits per heavy atom. The second-order valence-corrected chi connectivity index (χ2v) is 16.5. The van der Waals surface area contributed by atoms with Crippen LogP contribution in [-0.4, -0.2) is 155 Å². The molecule has 0 aromatic heterocycles. The van der Waals surface area contributed by atoms with Gasteiger partial charge in [-0.3, -0.25) is 4.79 Å². The molecule has 0 aromatic carbocycles. The van der Waals surface area contributed by atoms with Crippen LogP contribution in [0.15, 0.2) is 0 Å². The van der Waals surface area contributed by atoms with Crippen molar-refractivity contribution in [1.82, 2.24) is 10.2 Å². The van der Waals surface area contributed by atoms with Gasteiger partial charge in [-0.25, -0.2) is 0 Å². The summed E-state index contributed by atoms with van der Waals surface area (Å²) in [6.45, 7) is 20.0. The fourth-order valence-corrected chi connectivity index (χ4v) is 7.59. The zero-order chi connectivity index (χ0) is 39.9. The summed E-state index contributed by atoms with van der Waals surface area (Å²) in [5, 5.41) is 58.4. The molecule has 2 aliphatic heterocycles. The van der Waals surface area contributed by atoms with Crippen molar-refractivity contribution >= 4 is 5.97 Å². The second-order valence-electron chi connectivity index (χ2n) is 16.5. The molecule has 18 atom stereocenters. The largest absolute Gasteiger partial charge is 0.462 e. The van der Waals surface area contributed by atoms with Gasteiger partial charge in [-0.2, -0.15) is 0 Å². The first-order chi connectivity index (χ1) is 24.0. The van der Waals surface area contributed by atoms with E-state index in [4.69, 9.17) is 28.4 Å². The molecule has 2 saturated heterocycles. The van der Waals surface area contributed by atoms with Gasteiger partial charge in [-0.05, 0) is 94.7 Å². The number of ether oxygens (including phenoxy) is 6. The van der Waals surface area contributed by atoms with Crippen molar-refractivity contribution in [2.24, 2.45) is 17.8 Å². The molecule has 308 valence electrons. The number of hydrogen-bond acceptors (Lipinski definition) is 14. The van der Waals surface area contributed by atoms with Crippen molar-refractivity contribution in [1.29, 1.82) is 0 Å². The smallest absolute Gasteiger partial charge is 0.311 e. The molecule has 0 saturated carbocycles. The molecule has 2 aliphatic rings. The topological polar surface area (TPSA) is 189 Å². The molecule has 14 heteroatoms. The quantitative estimate of drug-likeness (QED) is 0.0994. The molecule has 14 nitrogen and oxygen atoms in total. The van der Waals surface area contributed by atoms with Crippen molar-refractivity contribution in [2.45, 2.75) is 193 Å². The first-order valence-corrected chi connectivity index (χ1v) is 19.2. The third-order valence-electron chi connectivity index (χ3n) is 11.3. The number of likely N-dealkylation sites (N-methyl/N-ethyl adjacent to an activating group) is 1. The van der Waals surface area contributed by atoms with Gasteiger partial charge in [0.05, 0.1) is 59.8 Å². The maximum absolute atomic E-state index is 13.7. The Morgan fingerprint density at radius 2 is 1.67 bits per heavy atom. The number of methoxy groups -OCH3 is 1. The van der Waals surface area contributed by atoms with Gasteiger partial charge < -0.3 is 64.2 Å². The summed E-state index contributed by atoms with van der Waals surface area (Å²) in [6, 6.07) is -0.565. The van der Waals surface area contributed by atoms with Crippen LogP contribution in [0.5, 0.6) is 0 Å². The van der Waals surface area contributed by atoms with Gasteiger partial charge in [0.15, 0.2) is 12.6 Å². The van der Waals surface area contributed by atoms with E-state index in [1.165, 1.54) is 14.0 Å². The van der Waals surface area contributed by atoms with Crippen LogP contribution in [0.3, 0.4) is 0 Å². The van der Waals surface area contributed by atoms with Crippen LogP contribution in [0.25, 0.3) is 0 Å². The van der Waals surface area contributed by atoms with E-state index < -0.39 is 84.3 Å². The average molecular weight is 751 g/mol.